The molecule has 0 bridgehead atoms. The highest BCUT2D eigenvalue weighted by Gasteiger charge is 2.21. The summed E-state index contributed by atoms with van der Waals surface area (Å²) in [7, 11) is 0. The third-order valence-electron chi connectivity index (χ3n) is 3.91. The molecular weight excluding hydrogens is 322 g/mol. The van der Waals surface area contributed by atoms with Crippen molar-refractivity contribution in [2.75, 3.05) is 29.1 Å². The second-order valence-electron chi connectivity index (χ2n) is 6.97. The van der Waals surface area contributed by atoms with Gasteiger partial charge in [-0.15, -0.1) is 11.8 Å². The molecule has 128 valence electrons. The number of thioether (sulfide) groups is 1. The summed E-state index contributed by atoms with van der Waals surface area (Å²) in [5, 5.41) is 6.85. The van der Waals surface area contributed by atoms with E-state index in [9.17, 15) is 4.79 Å². The standard InChI is InChI=1S/C18H23N3O2S/c1-18(2,3)15-11-17(23-20-15)19-16(22)12-21-9-6-10-24-14-8-5-4-7-13(14)21/h4-5,7-8,11H,6,9-10,12H2,1-3H3,(H,19,22). The van der Waals surface area contributed by atoms with Crippen LogP contribution in [0, 0.1) is 0 Å². The lowest BCUT2D eigenvalue weighted by Crippen LogP contribution is -2.33. The van der Waals surface area contributed by atoms with E-state index >= 15 is 0 Å². The number of anilines is 2. The minimum atomic E-state index is -0.104. The predicted molar refractivity (Wildman–Crippen MR) is 97.8 cm³/mol. The lowest BCUT2D eigenvalue weighted by atomic mass is 9.92. The van der Waals surface area contributed by atoms with Crippen LogP contribution in [-0.2, 0) is 10.2 Å². The summed E-state index contributed by atoms with van der Waals surface area (Å²) in [6, 6.07) is 10.0. The molecule has 3 rings (SSSR count). The van der Waals surface area contributed by atoms with Crippen LogP contribution in [-0.4, -0.2) is 29.9 Å². The maximum atomic E-state index is 12.4. The van der Waals surface area contributed by atoms with Gasteiger partial charge in [0.1, 0.15) is 0 Å². The summed E-state index contributed by atoms with van der Waals surface area (Å²) in [4.78, 5) is 15.8. The molecule has 0 radical (unpaired) electrons. The van der Waals surface area contributed by atoms with Crippen LogP contribution in [0.2, 0.25) is 0 Å². The van der Waals surface area contributed by atoms with Gasteiger partial charge in [0.25, 0.3) is 0 Å². The number of hydrogen-bond donors (Lipinski definition) is 1. The van der Waals surface area contributed by atoms with E-state index in [1.54, 1.807) is 6.07 Å². The van der Waals surface area contributed by atoms with Crippen LogP contribution < -0.4 is 10.2 Å². The number of para-hydroxylation sites is 1. The minimum Gasteiger partial charge on any atom is -0.361 e. The molecule has 0 saturated carbocycles. The topological polar surface area (TPSA) is 58.4 Å². The molecule has 5 nitrogen and oxygen atoms in total. The van der Waals surface area contributed by atoms with Gasteiger partial charge < -0.3 is 9.42 Å². The van der Waals surface area contributed by atoms with Crippen molar-refractivity contribution in [1.82, 2.24) is 5.16 Å². The predicted octanol–water partition coefficient (Wildman–Crippen LogP) is 3.91. The van der Waals surface area contributed by atoms with E-state index in [0.717, 1.165) is 30.1 Å². The molecule has 1 N–H and O–H groups in total. The fourth-order valence-electron chi connectivity index (χ4n) is 2.60. The van der Waals surface area contributed by atoms with Crippen LogP contribution in [0.5, 0.6) is 0 Å². The quantitative estimate of drug-likeness (QED) is 0.914. The van der Waals surface area contributed by atoms with Gasteiger partial charge in [0.2, 0.25) is 11.8 Å². The van der Waals surface area contributed by atoms with Gasteiger partial charge in [-0.05, 0) is 24.3 Å². The van der Waals surface area contributed by atoms with Crippen molar-refractivity contribution in [3.63, 3.8) is 0 Å². The molecule has 6 heteroatoms. The number of carbonyl (C=O) groups is 1. The Bertz CT molecular complexity index is 721. The Balaban J connectivity index is 1.68. The van der Waals surface area contributed by atoms with Crippen molar-refractivity contribution < 1.29 is 9.32 Å². The largest absolute Gasteiger partial charge is 0.361 e. The number of nitrogens with one attached hydrogen (secondary N) is 1. The molecule has 0 fully saturated rings. The van der Waals surface area contributed by atoms with Gasteiger partial charge in [0.15, 0.2) is 0 Å². The Hall–Kier alpha value is -1.95. The molecule has 1 aromatic heterocycles. The van der Waals surface area contributed by atoms with Gasteiger partial charge in [-0.25, -0.2) is 0 Å². The van der Waals surface area contributed by atoms with Crippen LogP contribution >= 0.6 is 11.8 Å². The highest BCUT2D eigenvalue weighted by Crippen LogP contribution is 2.33. The molecule has 0 spiro atoms. The number of amides is 1. The van der Waals surface area contributed by atoms with Crippen molar-refractivity contribution in [2.45, 2.75) is 37.5 Å². The zero-order chi connectivity index (χ0) is 17.2. The van der Waals surface area contributed by atoms with Crippen LogP contribution in [0.15, 0.2) is 39.8 Å². The third-order valence-corrected chi connectivity index (χ3v) is 5.06. The highest BCUT2D eigenvalue weighted by atomic mass is 32.2. The monoisotopic (exact) mass is 345 g/mol. The van der Waals surface area contributed by atoms with Crippen LogP contribution in [0.1, 0.15) is 32.9 Å². The zero-order valence-corrected chi connectivity index (χ0v) is 15.2. The summed E-state index contributed by atoms with van der Waals surface area (Å²) in [6.45, 7) is 7.36. The number of fused-ring (bicyclic) bond motifs is 1. The number of benzene rings is 1. The Kier molecular flexibility index (Phi) is 4.85. The van der Waals surface area contributed by atoms with Gasteiger partial charge in [0, 0.05) is 22.9 Å². The van der Waals surface area contributed by atoms with E-state index in [-0.39, 0.29) is 11.3 Å². The molecular formula is C18H23N3O2S. The molecule has 0 unspecified atom stereocenters. The molecule has 0 atom stereocenters. The highest BCUT2D eigenvalue weighted by molar-refractivity contribution is 7.99. The van der Waals surface area contributed by atoms with Crippen molar-refractivity contribution in [3.05, 3.63) is 36.0 Å². The van der Waals surface area contributed by atoms with Gasteiger partial charge in [0.05, 0.1) is 17.9 Å². The van der Waals surface area contributed by atoms with E-state index in [0.29, 0.717) is 12.4 Å². The fourth-order valence-corrected chi connectivity index (χ4v) is 3.61. The molecule has 1 aliphatic heterocycles. The van der Waals surface area contributed by atoms with E-state index in [2.05, 4.69) is 48.3 Å². The van der Waals surface area contributed by atoms with Gasteiger partial charge in [-0.1, -0.05) is 38.1 Å². The van der Waals surface area contributed by atoms with E-state index in [1.807, 2.05) is 23.9 Å². The Labute approximate surface area is 146 Å². The molecule has 1 amide bonds. The molecule has 1 aliphatic rings. The molecule has 0 aliphatic carbocycles. The Morgan fingerprint density at radius 3 is 2.92 bits per heavy atom. The molecule has 2 aromatic rings. The second kappa shape index (κ2) is 6.89. The summed E-state index contributed by atoms with van der Waals surface area (Å²) < 4.78 is 5.24. The molecule has 1 aromatic carbocycles. The first-order valence-corrected chi connectivity index (χ1v) is 9.16. The SMILES string of the molecule is CC(C)(C)c1cc(NC(=O)CN2CCCSc3ccccc32)on1. The molecule has 24 heavy (non-hydrogen) atoms. The number of hydrogen-bond acceptors (Lipinski definition) is 5. The number of aromatic nitrogens is 1. The first kappa shape index (κ1) is 16.9. The van der Waals surface area contributed by atoms with E-state index in [4.69, 9.17) is 4.52 Å². The maximum Gasteiger partial charge on any atom is 0.246 e. The molecule has 2 heterocycles. The summed E-state index contributed by atoms with van der Waals surface area (Å²) in [5.41, 5.74) is 1.85. The first-order valence-electron chi connectivity index (χ1n) is 8.17. The van der Waals surface area contributed by atoms with E-state index in [1.165, 1.54) is 4.90 Å². The van der Waals surface area contributed by atoms with Crippen LogP contribution in [0.4, 0.5) is 11.6 Å². The third kappa shape index (κ3) is 3.93. The minimum absolute atomic E-state index is 0.0895. The number of carbonyl (C=O) groups excluding carboxylic acids is 1. The average Bonchev–Trinajstić information content (AvgIpc) is 2.90. The van der Waals surface area contributed by atoms with Gasteiger partial charge in [-0.3, -0.25) is 10.1 Å². The fraction of sp³-hybridized carbons (Fsp3) is 0.444. The normalized spacial score (nSPS) is 14.9. The number of rotatable bonds is 3. The second-order valence-corrected chi connectivity index (χ2v) is 8.10. The zero-order valence-electron chi connectivity index (χ0n) is 14.3. The summed E-state index contributed by atoms with van der Waals surface area (Å²) in [5.74, 6) is 1.39. The Morgan fingerprint density at radius 1 is 1.38 bits per heavy atom. The summed E-state index contributed by atoms with van der Waals surface area (Å²) in [6.07, 6.45) is 1.06. The van der Waals surface area contributed by atoms with E-state index < -0.39 is 0 Å². The van der Waals surface area contributed by atoms with Crippen LogP contribution in [0.25, 0.3) is 0 Å². The maximum absolute atomic E-state index is 12.4. The smallest absolute Gasteiger partial charge is 0.246 e. The van der Waals surface area contributed by atoms with Crippen molar-refractivity contribution >= 4 is 29.2 Å². The lowest BCUT2D eigenvalue weighted by Gasteiger charge is -2.23. The number of nitrogens with zero attached hydrogens (tertiary/aromatic N) is 2. The average molecular weight is 345 g/mol. The van der Waals surface area contributed by atoms with Gasteiger partial charge in [-0.2, -0.15) is 0 Å². The van der Waals surface area contributed by atoms with Gasteiger partial charge >= 0.3 is 0 Å². The molecule has 0 saturated heterocycles. The van der Waals surface area contributed by atoms with Crippen molar-refractivity contribution in [2.24, 2.45) is 0 Å². The van der Waals surface area contributed by atoms with Crippen molar-refractivity contribution in [1.29, 1.82) is 0 Å². The Morgan fingerprint density at radius 2 is 2.17 bits per heavy atom. The van der Waals surface area contributed by atoms with Crippen molar-refractivity contribution in [3.8, 4) is 0 Å². The van der Waals surface area contributed by atoms with Crippen LogP contribution in [0.3, 0.4) is 0 Å². The first-order chi connectivity index (χ1) is 11.4. The summed E-state index contributed by atoms with van der Waals surface area (Å²) >= 11 is 1.85. The lowest BCUT2D eigenvalue weighted by molar-refractivity contribution is -0.115.